The van der Waals surface area contributed by atoms with E-state index in [1.165, 1.54) is 0 Å². The minimum Gasteiger partial charge on any atom is -0.515 e. The molecule has 0 aromatic carbocycles. The lowest BCUT2D eigenvalue weighted by Crippen LogP contribution is -1.94. The first-order valence-corrected chi connectivity index (χ1v) is 4.41. The van der Waals surface area contributed by atoms with Gasteiger partial charge in [-0.15, -0.1) is 0 Å². The van der Waals surface area contributed by atoms with Gasteiger partial charge in [-0.2, -0.15) is 0 Å². The second-order valence-corrected chi connectivity index (χ2v) is 3.44. The van der Waals surface area contributed by atoms with E-state index in [9.17, 15) is 9.36 Å². The summed E-state index contributed by atoms with van der Waals surface area (Å²) >= 11 is 0. The molecule has 0 bridgehead atoms. The summed E-state index contributed by atoms with van der Waals surface area (Å²) in [5.41, 5.74) is 0. The van der Waals surface area contributed by atoms with Gasteiger partial charge in [0.1, 0.15) is 7.80 Å². The van der Waals surface area contributed by atoms with Crippen molar-refractivity contribution in [3.05, 3.63) is 12.1 Å². The fraction of sp³-hybridized carbons (Fsp3) is 0.400. The summed E-state index contributed by atoms with van der Waals surface area (Å²) in [7, 11) is -2.00. The Morgan fingerprint density at radius 2 is 2.20 bits per heavy atom. The molecule has 0 aromatic rings. The first kappa shape index (κ1) is 9.24. The van der Waals surface area contributed by atoms with Gasteiger partial charge in [0.25, 0.3) is 0 Å². The zero-order valence-electron chi connectivity index (χ0n) is 5.28. The monoisotopic (exact) mass is 164 g/mol. The average Bonchev–Trinajstić information content (AvgIpc) is 1.85. The molecule has 0 saturated heterocycles. The van der Waals surface area contributed by atoms with Crippen LogP contribution in [0.3, 0.4) is 0 Å². The van der Waals surface area contributed by atoms with Crippen molar-refractivity contribution in [3.63, 3.8) is 0 Å². The molecule has 0 heterocycles. The molecule has 0 rings (SSSR count). The van der Waals surface area contributed by atoms with Crippen LogP contribution in [0.1, 0.15) is 6.42 Å². The Hall–Kier alpha value is -0.760. The summed E-state index contributed by atoms with van der Waals surface area (Å²) in [5, 5.41) is 16.2. The molecule has 0 radical (unpaired) electrons. The van der Waals surface area contributed by atoms with Gasteiger partial charge in [0, 0.05) is 12.0 Å². The minimum atomic E-state index is -2.00. The molecular weight excluding hydrogens is 155 g/mol. The predicted octanol–water partition coefficient (Wildman–Crippen LogP) is 1.05. The van der Waals surface area contributed by atoms with Gasteiger partial charge in [0.15, 0.2) is 0 Å². The Balaban J connectivity index is 3.50. The number of carboxylic acid groups (broad SMARTS) is 1. The fourth-order valence-corrected chi connectivity index (χ4v) is 1.19. The Kier molecular flexibility index (Phi) is 4.67. The van der Waals surface area contributed by atoms with Gasteiger partial charge in [-0.25, -0.2) is 0 Å². The summed E-state index contributed by atoms with van der Waals surface area (Å²) in [5.74, 6) is 0.151. The van der Waals surface area contributed by atoms with E-state index in [0.29, 0.717) is 6.26 Å². The normalized spacial score (nSPS) is 13.6. The quantitative estimate of drug-likeness (QED) is 0.481. The molecule has 0 fully saturated rings. The molecule has 0 aliphatic rings. The third-order valence-electron chi connectivity index (χ3n) is 0.846. The third kappa shape index (κ3) is 5.38. The molecule has 0 amide bonds. The Labute approximate surface area is 59.0 Å². The second kappa shape index (κ2) is 5.06. The number of aliphatic hydroxyl groups is 1. The summed E-state index contributed by atoms with van der Waals surface area (Å²) < 4.78 is 10.6. The van der Waals surface area contributed by atoms with Gasteiger partial charge < -0.3 is 14.8 Å². The largest absolute Gasteiger partial charge is 0.515 e. The Morgan fingerprint density at radius 1 is 1.60 bits per heavy atom. The van der Waals surface area contributed by atoms with Crippen molar-refractivity contribution in [1.29, 1.82) is 0 Å². The summed E-state index contributed by atoms with van der Waals surface area (Å²) in [6.45, 7) is 0. The molecule has 0 aliphatic carbocycles. The molecule has 0 spiro atoms. The van der Waals surface area contributed by atoms with Gasteiger partial charge in [0.2, 0.25) is 0 Å². The van der Waals surface area contributed by atoms with E-state index >= 15 is 0 Å². The lowest BCUT2D eigenvalue weighted by atomic mass is 10.5. The predicted molar refractivity (Wildman–Crippen MR) is 37.9 cm³/mol. The molecule has 1 atom stereocenters. The maximum Gasteiger partial charge on any atom is 0.303 e. The van der Waals surface area contributed by atoms with E-state index in [1.54, 1.807) is 0 Å². The number of rotatable bonds is 4. The highest BCUT2D eigenvalue weighted by atomic mass is 31.1. The highest BCUT2D eigenvalue weighted by Crippen LogP contribution is 2.22. The van der Waals surface area contributed by atoms with E-state index in [1.807, 2.05) is 0 Å². The number of carboxylic acids is 1. The smallest absolute Gasteiger partial charge is 0.303 e. The van der Waals surface area contributed by atoms with Gasteiger partial charge in [-0.3, -0.25) is 4.79 Å². The second-order valence-electron chi connectivity index (χ2n) is 1.68. The van der Waals surface area contributed by atoms with Crippen molar-refractivity contribution in [2.75, 3.05) is 6.16 Å². The van der Waals surface area contributed by atoms with Crippen LogP contribution in [0.15, 0.2) is 12.1 Å². The van der Waals surface area contributed by atoms with E-state index < -0.39 is 13.8 Å². The molecular formula is C5H9O4P. The molecule has 0 aliphatic heterocycles. The summed E-state index contributed by atoms with van der Waals surface area (Å²) in [4.78, 5) is 9.90. The van der Waals surface area contributed by atoms with Crippen molar-refractivity contribution < 1.29 is 19.6 Å². The number of hydrogen-bond acceptors (Lipinski definition) is 3. The van der Waals surface area contributed by atoms with Crippen molar-refractivity contribution in [1.82, 2.24) is 0 Å². The molecule has 5 heteroatoms. The number of hydrogen-bond donors (Lipinski definition) is 2. The van der Waals surface area contributed by atoms with Crippen molar-refractivity contribution >= 4 is 13.8 Å². The lowest BCUT2D eigenvalue weighted by Gasteiger charge is -1.89. The maximum atomic E-state index is 10.6. The standard InChI is InChI=1S/C5H9O4P/c6-2-4-10(9)3-1-5(7)8/h2,4,6,10H,1,3H2,(H,7,8). The van der Waals surface area contributed by atoms with Crippen molar-refractivity contribution in [2.45, 2.75) is 6.42 Å². The SMILES string of the molecule is O=C(O)CC[PH](=O)C=CO. The van der Waals surface area contributed by atoms with Crippen LogP contribution in [0.4, 0.5) is 0 Å². The zero-order chi connectivity index (χ0) is 7.98. The average molecular weight is 164 g/mol. The summed E-state index contributed by atoms with van der Waals surface area (Å²) in [6.07, 6.45) is 0.697. The molecule has 1 unspecified atom stereocenters. The topological polar surface area (TPSA) is 74.6 Å². The van der Waals surface area contributed by atoms with Crippen LogP contribution in [0.25, 0.3) is 0 Å². The number of aliphatic carboxylic acids is 1. The van der Waals surface area contributed by atoms with Crippen LogP contribution >= 0.6 is 7.80 Å². The van der Waals surface area contributed by atoms with Gasteiger partial charge in [-0.05, 0) is 0 Å². The van der Waals surface area contributed by atoms with Crippen LogP contribution in [0.5, 0.6) is 0 Å². The Bertz CT molecular complexity index is 163. The highest BCUT2D eigenvalue weighted by molar-refractivity contribution is 7.48. The summed E-state index contributed by atoms with van der Waals surface area (Å²) in [6, 6.07) is 0. The van der Waals surface area contributed by atoms with E-state index in [0.717, 1.165) is 5.82 Å². The molecule has 4 nitrogen and oxygen atoms in total. The molecule has 10 heavy (non-hydrogen) atoms. The van der Waals surface area contributed by atoms with Crippen LogP contribution in [0.2, 0.25) is 0 Å². The van der Waals surface area contributed by atoms with Crippen LogP contribution < -0.4 is 0 Å². The Morgan fingerprint density at radius 3 is 2.60 bits per heavy atom. The van der Waals surface area contributed by atoms with E-state index in [4.69, 9.17) is 10.2 Å². The van der Waals surface area contributed by atoms with Crippen molar-refractivity contribution in [2.24, 2.45) is 0 Å². The zero-order valence-corrected chi connectivity index (χ0v) is 6.28. The number of aliphatic hydroxyl groups excluding tert-OH is 1. The van der Waals surface area contributed by atoms with Crippen molar-refractivity contribution in [3.8, 4) is 0 Å². The van der Waals surface area contributed by atoms with Crippen LogP contribution in [-0.4, -0.2) is 22.3 Å². The molecule has 0 saturated carbocycles. The van der Waals surface area contributed by atoms with Gasteiger partial charge >= 0.3 is 5.97 Å². The third-order valence-corrected chi connectivity index (χ3v) is 2.11. The molecule has 2 N–H and O–H groups in total. The van der Waals surface area contributed by atoms with Crippen LogP contribution in [-0.2, 0) is 9.36 Å². The van der Waals surface area contributed by atoms with Gasteiger partial charge in [-0.1, -0.05) is 0 Å². The van der Waals surface area contributed by atoms with Crippen LogP contribution in [0, 0.1) is 0 Å². The highest BCUT2D eigenvalue weighted by Gasteiger charge is 1.99. The van der Waals surface area contributed by atoms with E-state index in [-0.39, 0.29) is 12.6 Å². The molecule has 0 aromatic heterocycles. The number of carbonyl (C=O) groups is 1. The van der Waals surface area contributed by atoms with E-state index in [2.05, 4.69) is 0 Å². The first-order chi connectivity index (χ1) is 4.66. The van der Waals surface area contributed by atoms with Gasteiger partial charge in [0.05, 0.1) is 12.7 Å². The fourth-order valence-electron chi connectivity index (χ4n) is 0.397. The first-order valence-electron chi connectivity index (χ1n) is 2.72. The maximum absolute atomic E-state index is 10.6. The lowest BCUT2D eigenvalue weighted by molar-refractivity contribution is -0.136. The minimum absolute atomic E-state index is 0.109. The molecule has 58 valence electrons.